The molecule has 0 saturated heterocycles. The Balaban J connectivity index is 2.81. The van der Waals surface area contributed by atoms with Crippen LogP contribution >= 0.6 is 0 Å². The number of halogens is 4. The highest BCUT2D eigenvalue weighted by molar-refractivity contribution is 5.47. The maximum absolute atomic E-state index is 13.1. The molecule has 0 aliphatic carbocycles. The summed E-state index contributed by atoms with van der Waals surface area (Å²) in [6.45, 7) is 3.68. The third kappa shape index (κ3) is 2.74. The molecule has 0 aliphatic rings. The van der Waals surface area contributed by atoms with Crippen LogP contribution in [0.15, 0.2) is 18.7 Å². The van der Waals surface area contributed by atoms with E-state index in [1.165, 1.54) is 0 Å². The van der Waals surface area contributed by atoms with Crippen molar-refractivity contribution < 1.29 is 17.6 Å². The fourth-order valence-corrected chi connectivity index (χ4v) is 1.19. The van der Waals surface area contributed by atoms with Crippen molar-refractivity contribution in [3.05, 3.63) is 42.0 Å². The Morgan fingerprint density at radius 2 is 1.69 bits per heavy atom. The molecule has 0 atom stereocenters. The number of nitrogens with one attached hydrogen (secondary N) is 1. The molecule has 0 aliphatic heterocycles. The van der Waals surface area contributed by atoms with E-state index in [4.69, 9.17) is 0 Å². The third-order valence-corrected chi connectivity index (χ3v) is 2.00. The Bertz CT molecular complexity index is 364. The second-order valence-electron chi connectivity index (χ2n) is 3.20. The Kier molecular flexibility index (Phi) is 4.34. The summed E-state index contributed by atoms with van der Waals surface area (Å²) in [6, 6.07) is 0.180. The Morgan fingerprint density at radius 1 is 1.12 bits per heavy atom. The van der Waals surface area contributed by atoms with Gasteiger partial charge in [0.15, 0.2) is 23.3 Å². The van der Waals surface area contributed by atoms with Crippen LogP contribution in [0.1, 0.15) is 12.8 Å². The summed E-state index contributed by atoms with van der Waals surface area (Å²) < 4.78 is 51.7. The van der Waals surface area contributed by atoms with Gasteiger partial charge in [0.1, 0.15) is 5.69 Å². The van der Waals surface area contributed by atoms with Crippen LogP contribution in [0.5, 0.6) is 0 Å². The lowest BCUT2D eigenvalue weighted by Crippen LogP contribution is -2.08. The molecule has 1 nitrogen and oxygen atoms in total. The first-order valence-electron chi connectivity index (χ1n) is 4.75. The van der Waals surface area contributed by atoms with Crippen LogP contribution in [0.25, 0.3) is 0 Å². The summed E-state index contributed by atoms with van der Waals surface area (Å²) in [6.07, 6.45) is 2.86. The molecular weight excluding hydrogens is 222 g/mol. The fraction of sp³-hybridized carbons (Fsp3) is 0.273. The zero-order valence-corrected chi connectivity index (χ0v) is 8.49. The van der Waals surface area contributed by atoms with E-state index in [9.17, 15) is 17.6 Å². The Labute approximate surface area is 90.8 Å². The number of unbranched alkanes of at least 4 members (excludes halogenated alkanes) is 1. The molecule has 0 fully saturated rings. The van der Waals surface area contributed by atoms with Gasteiger partial charge in [-0.25, -0.2) is 17.6 Å². The van der Waals surface area contributed by atoms with Crippen molar-refractivity contribution in [1.29, 1.82) is 0 Å². The van der Waals surface area contributed by atoms with Gasteiger partial charge in [-0.2, -0.15) is 0 Å². The van der Waals surface area contributed by atoms with Crippen LogP contribution in [0.3, 0.4) is 0 Å². The SMILES string of the molecule is C=CCCCNc1c(F)c(F)cc(F)c1F. The zero-order valence-electron chi connectivity index (χ0n) is 8.49. The third-order valence-electron chi connectivity index (χ3n) is 2.00. The van der Waals surface area contributed by atoms with Crippen LogP contribution in [-0.2, 0) is 0 Å². The smallest absolute Gasteiger partial charge is 0.185 e. The summed E-state index contributed by atoms with van der Waals surface area (Å²) in [7, 11) is 0. The monoisotopic (exact) mass is 233 g/mol. The van der Waals surface area contributed by atoms with Gasteiger partial charge in [0.2, 0.25) is 0 Å². The summed E-state index contributed by atoms with van der Waals surface area (Å²) in [5, 5.41) is 2.32. The molecule has 0 heterocycles. The first kappa shape index (κ1) is 12.5. The molecule has 0 aromatic heterocycles. The highest BCUT2D eigenvalue weighted by Crippen LogP contribution is 2.23. The van der Waals surface area contributed by atoms with Gasteiger partial charge in [-0.1, -0.05) is 6.08 Å². The van der Waals surface area contributed by atoms with E-state index in [0.717, 1.165) is 0 Å². The number of anilines is 1. The van der Waals surface area contributed by atoms with Gasteiger partial charge in [-0.3, -0.25) is 0 Å². The number of allylic oxidation sites excluding steroid dienone is 1. The van der Waals surface area contributed by atoms with Crippen LogP contribution in [-0.4, -0.2) is 6.54 Å². The molecule has 0 unspecified atom stereocenters. The Morgan fingerprint density at radius 3 is 2.19 bits per heavy atom. The molecule has 0 saturated carbocycles. The predicted molar refractivity (Wildman–Crippen MR) is 54.2 cm³/mol. The molecule has 1 aromatic rings. The minimum atomic E-state index is -1.41. The van der Waals surface area contributed by atoms with E-state index in [0.29, 0.717) is 12.8 Å². The first-order valence-corrected chi connectivity index (χ1v) is 4.75. The van der Waals surface area contributed by atoms with Crippen molar-refractivity contribution in [3.63, 3.8) is 0 Å². The Hall–Kier alpha value is -1.52. The zero-order chi connectivity index (χ0) is 12.1. The molecule has 0 radical (unpaired) electrons. The molecule has 0 spiro atoms. The van der Waals surface area contributed by atoms with E-state index in [2.05, 4.69) is 11.9 Å². The van der Waals surface area contributed by atoms with Crippen molar-refractivity contribution in [1.82, 2.24) is 0 Å². The first-order chi connectivity index (χ1) is 7.57. The average Bonchev–Trinajstić information content (AvgIpc) is 2.25. The lowest BCUT2D eigenvalue weighted by Gasteiger charge is -2.09. The molecule has 1 rings (SSSR count). The van der Waals surface area contributed by atoms with E-state index in [1.807, 2.05) is 0 Å². The maximum atomic E-state index is 13.1. The van der Waals surface area contributed by atoms with E-state index >= 15 is 0 Å². The number of rotatable bonds is 5. The van der Waals surface area contributed by atoms with Gasteiger partial charge in [0.05, 0.1) is 0 Å². The maximum Gasteiger partial charge on any atom is 0.185 e. The predicted octanol–water partition coefficient (Wildman–Crippen LogP) is 3.62. The van der Waals surface area contributed by atoms with Crippen LogP contribution < -0.4 is 5.32 Å². The normalized spacial score (nSPS) is 10.2. The largest absolute Gasteiger partial charge is 0.380 e. The number of benzene rings is 1. The van der Waals surface area contributed by atoms with E-state index in [-0.39, 0.29) is 12.6 Å². The van der Waals surface area contributed by atoms with Gasteiger partial charge in [0, 0.05) is 12.6 Å². The topological polar surface area (TPSA) is 12.0 Å². The molecule has 0 bridgehead atoms. The van der Waals surface area contributed by atoms with Gasteiger partial charge in [-0.05, 0) is 12.8 Å². The van der Waals surface area contributed by atoms with Crippen LogP contribution in [0.2, 0.25) is 0 Å². The molecule has 1 N–H and O–H groups in total. The summed E-state index contributed by atoms with van der Waals surface area (Å²) in [5.41, 5.74) is -0.762. The second kappa shape index (κ2) is 5.53. The van der Waals surface area contributed by atoms with E-state index in [1.54, 1.807) is 6.08 Å². The second-order valence-corrected chi connectivity index (χ2v) is 3.20. The van der Waals surface area contributed by atoms with Gasteiger partial charge >= 0.3 is 0 Å². The lowest BCUT2D eigenvalue weighted by molar-refractivity contribution is 0.458. The molecule has 5 heteroatoms. The molecule has 16 heavy (non-hydrogen) atoms. The molecule has 0 amide bonds. The molecule has 1 aromatic carbocycles. The highest BCUT2D eigenvalue weighted by Gasteiger charge is 2.18. The fourth-order valence-electron chi connectivity index (χ4n) is 1.19. The van der Waals surface area contributed by atoms with E-state index < -0.39 is 29.0 Å². The standard InChI is InChI=1S/C11H11F4N/c1-2-3-4-5-16-11-9(14)7(12)6-8(13)10(11)15/h2,6,16H,1,3-5H2. The minimum absolute atomic E-state index is 0.180. The van der Waals surface area contributed by atoms with Crippen LogP contribution in [0.4, 0.5) is 23.2 Å². The van der Waals surface area contributed by atoms with Crippen molar-refractivity contribution in [2.75, 3.05) is 11.9 Å². The highest BCUT2D eigenvalue weighted by atomic mass is 19.2. The summed E-state index contributed by atoms with van der Waals surface area (Å²) >= 11 is 0. The molecule has 88 valence electrons. The quantitative estimate of drug-likeness (QED) is 0.354. The molecular formula is C11H11F4N. The summed E-state index contributed by atoms with van der Waals surface area (Å²) in [4.78, 5) is 0. The lowest BCUT2D eigenvalue weighted by atomic mass is 10.2. The van der Waals surface area contributed by atoms with Crippen molar-refractivity contribution in [3.8, 4) is 0 Å². The van der Waals surface area contributed by atoms with Crippen LogP contribution in [0, 0.1) is 23.3 Å². The summed E-state index contributed by atoms with van der Waals surface area (Å²) in [5.74, 6) is -5.63. The number of hydrogen-bond acceptors (Lipinski definition) is 1. The van der Waals surface area contributed by atoms with Crippen molar-refractivity contribution in [2.24, 2.45) is 0 Å². The average molecular weight is 233 g/mol. The van der Waals surface area contributed by atoms with Gasteiger partial charge < -0.3 is 5.32 Å². The van der Waals surface area contributed by atoms with Crippen molar-refractivity contribution in [2.45, 2.75) is 12.8 Å². The minimum Gasteiger partial charge on any atom is -0.380 e. The van der Waals surface area contributed by atoms with Gasteiger partial charge in [-0.15, -0.1) is 6.58 Å². The van der Waals surface area contributed by atoms with Crippen molar-refractivity contribution >= 4 is 5.69 Å². The van der Waals surface area contributed by atoms with Gasteiger partial charge in [0.25, 0.3) is 0 Å². The number of hydrogen-bond donors (Lipinski definition) is 1.